The van der Waals surface area contributed by atoms with E-state index < -0.39 is 0 Å². The number of hydrogen-bond acceptors (Lipinski definition) is 1. The van der Waals surface area contributed by atoms with Gasteiger partial charge < -0.3 is 5.73 Å². The Morgan fingerprint density at radius 3 is 2.10 bits per heavy atom. The Labute approximate surface area is 63.6 Å². The summed E-state index contributed by atoms with van der Waals surface area (Å²) in [6.45, 7) is 2.81. The van der Waals surface area contributed by atoms with Crippen LogP contribution in [0.15, 0.2) is 24.3 Å². The van der Waals surface area contributed by atoms with E-state index in [0.717, 1.165) is 19.3 Å². The molecule has 1 nitrogen and oxygen atoms in total. The lowest BCUT2D eigenvalue weighted by molar-refractivity contribution is 1.03. The molecule has 10 heavy (non-hydrogen) atoms. The van der Waals surface area contributed by atoms with Crippen LogP contribution in [0.3, 0.4) is 0 Å². The normalized spacial score (nSPS) is 11.8. The molecule has 0 aromatic heterocycles. The molecule has 0 bridgehead atoms. The van der Waals surface area contributed by atoms with Gasteiger partial charge in [0.1, 0.15) is 0 Å². The fraction of sp³-hybridized carbons (Fsp3) is 0.556. The maximum atomic E-state index is 5.26. The minimum atomic E-state index is 0.664. The van der Waals surface area contributed by atoms with E-state index in [2.05, 4.69) is 25.2 Å². The lowest BCUT2D eigenvalue weighted by Crippen LogP contribution is -1.91. The smallest absolute Gasteiger partial charge is 0.0106 e. The van der Waals surface area contributed by atoms with E-state index >= 15 is 0 Å². The van der Waals surface area contributed by atoms with Crippen molar-refractivity contribution in [1.29, 1.82) is 0 Å². The summed E-state index contributed by atoms with van der Waals surface area (Å²) in [5.41, 5.74) is 5.26. The van der Waals surface area contributed by atoms with Gasteiger partial charge in [0, 0.05) is 6.54 Å². The van der Waals surface area contributed by atoms with E-state index in [0.29, 0.717) is 6.54 Å². The third-order valence-corrected chi connectivity index (χ3v) is 1.21. The zero-order valence-electron chi connectivity index (χ0n) is 6.72. The summed E-state index contributed by atoms with van der Waals surface area (Å²) in [5, 5.41) is 0. The first-order valence-corrected chi connectivity index (χ1v) is 3.92. The van der Waals surface area contributed by atoms with Crippen molar-refractivity contribution in [3.05, 3.63) is 24.3 Å². The second-order valence-electron chi connectivity index (χ2n) is 2.16. The van der Waals surface area contributed by atoms with Crippen molar-refractivity contribution in [3.63, 3.8) is 0 Å². The van der Waals surface area contributed by atoms with Gasteiger partial charge in [0.2, 0.25) is 0 Å². The Morgan fingerprint density at radius 2 is 1.60 bits per heavy atom. The van der Waals surface area contributed by atoms with Crippen LogP contribution in [0.1, 0.15) is 26.2 Å². The summed E-state index contributed by atoms with van der Waals surface area (Å²) < 4.78 is 0. The SMILES string of the molecule is CC/C=C\CC/C=C\CN. The van der Waals surface area contributed by atoms with Crippen LogP contribution in [-0.4, -0.2) is 6.54 Å². The number of nitrogens with two attached hydrogens (primary N) is 1. The maximum Gasteiger partial charge on any atom is 0.0106 e. The highest BCUT2D eigenvalue weighted by molar-refractivity contribution is 4.87. The molecule has 58 valence electrons. The Morgan fingerprint density at radius 1 is 1.00 bits per heavy atom. The molecule has 2 N–H and O–H groups in total. The first-order chi connectivity index (χ1) is 4.91. The topological polar surface area (TPSA) is 26.0 Å². The quantitative estimate of drug-likeness (QED) is 0.459. The predicted octanol–water partition coefficient (Wildman–Crippen LogP) is 2.25. The molecule has 0 aliphatic rings. The van der Waals surface area contributed by atoms with Gasteiger partial charge in [-0.3, -0.25) is 0 Å². The molecule has 0 aliphatic carbocycles. The average Bonchev–Trinajstić information content (AvgIpc) is 1.97. The van der Waals surface area contributed by atoms with Gasteiger partial charge in [-0.15, -0.1) is 0 Å². The van der Waals surface area contributed by atoms with Crippen LogP contribution in [0.25, 0.3) is 0 Å². The van der Waals surface area contributed by atoms with E-state index in [1.54, 1.807) is 0 Å². The molecule has 0 radical (unpaired) electrons. The van der Waals surface area contributed by atoms with Gasteiger partial charge in [0.05, 0.1) is 0 Å². The number of rotatable bonds is 5. The van der Waals surface area contributed by atoms with Crippen LogP contribution in [0.4, 0.5) is 0 Å². The molecule has 0 atom stereocenters. The molecule has 0 amide bonds. The molecule has 0 saturated carbocycles. The van der Waals surface area contributed by atoms with Crippen LogP contribution in [-0.2, 0) is 0 Å². The van der Waals surface area contributed by atoms with Crippen LogP contribution < -0.4 is 5.73 Å². The molecule has 0 spiro atoms. The Balaban J connectivity index is 3.04. The second kappa shape index (κ2) is 8.44. The van der Waals surface area contributed by atoms with E-state index in [9.17, 15) is 0 Å². The van der Waals surface area contributed by atoms with Crippen molar-refractivity contribution in [1.82, 2.24) is 0 Å². The first-order valence-electron chi connectivity index (χ1n) is 3.92. The van der Waals surface area contributed by atoms with Crippen molar-refractivity contribution in [2.45, 2.75) is 26.2 Å². The molecule has 1 heteroatoms. The van der Waals surface area contributed by atoms with E-state index in [4.69, 9.17) is 5.73 Å². The van der Waals surface area contributed by atoms with Gasteiger partial charge in [0.25, 0.3) is 0 Å². The summed E-state index contributed by atoms with van der Waals surface area (Å²) in [5.74, 6) is 0. The highest BCUT2D eigenvalue weighted by Crippen LogP contribution is 1.93. The van der Waals surface area contributed by atoms with Crippen LogP contribution in [0.2, 0.25) is 0 Å². The standard InChI is InChI=1S/C9H17N/c1-2-3-4-5-6-7-8-9-10/h3-4,7-8H,2,5-6,9-10H2,1H3/b4-3-,8-7-. The van der Waals surface area contributed by atoms with Gasteiger partial charge in [-0.05, 0) is 19.3 Å². The number of hydrogen-bond donors (Lipinski definition) is 1. The van der Waals surface area contributed by atoms with Crippen LogP contribution >= 0.6 is 0 Å². The molecule has 0 fully saturated rings. The zero-order valence-corrected chi connectivity index (χ0v) is 6.72. The second-order valence-corrected chi connectivity index (χ2v) is 2.16. The zero-order chi connectivity index (χ0) is 7.66. The molecule has 0 heterocycles. The average molecular weight is 139 g/mol. The first kappa shape index (κ1) is 9.44. The highest BCUT2D eigenvalue weighted by atomic mass is 14.5. The third-order valence-electron chi connectivity index (χ3n) is 1.21. The molecular formula is C9H17N. The van der Waals surface area contributed by atoms with Gasteiger partial charge in [-0.25, -0.2) is 0 Å². The lowest BCUT2D eigenvalue weighted by Gasteiger charge is -1.84. The fourth-order valence-corrected chi connectivity index (χ4v) is 0.691. The van der Waals surface area contributed by atoms with Gasteiger partial charge in [-0.1, -0.05) is 31.2 Å². The Bertz CT molecular complexity index is 89.3. The summed E-state index contributed by atoms with van der Waals surface area (Å²) in [4.78, 5) is 0. The summed E-state index contributed by atoms with van der Waals surface area (Å²) in [6.07, 6.45) is 11.9. The summed E-state index contributed by atoms with van der Waals surface area (Å²) >= 11 is 0. The van der Waals surface area contributed by atoms with Crippen molar-refractivity contribution in [3.8, 4) is 0 Å². The molecule has 0 unspecified atom stereocenters. The molecular weight excluding hydrogens is 122 g/mol. The van der Waals surface area contributed by atoms with Crippen LogP contribution in [0, 0.1) is 0 Å². The minimum Gasteiger partial charge on any atom is -0.327 e. The fourth-order valence-electron chi connectivity index (χ4n) is 0.691. The van der Waals surface area contributed by atoms with E-state index in [1.165, 1.54) is 0 Å². The van der Waals surface area contributed by atoms with Gasteiger partial charge in [-0.2, -0.15) is 0 Å². The van der Waals surface area contributed by atoms with Crippen molar-refractivity contribution in [2.75, 3.05) is 6.54 Å². The predicted molar refractivity (Wildman–Crippen MR) is 46.9 cm³/mol. The lowest BCUT2D eigenvalue weighted by atomic mass is 10.2. The van der Waals surface area contributed by atoms with Crippen molar-refractivity contribution < 1.29 is 0 Å². The maximum absolute atomic E-state index is 5.26. The van der Waals surface area contributed by atoms with E-state index in [-0.39, 0.29) is 0 Å². The van der Waals surface area contributed by atoms with Crippen molar-refractivity contribution in [2.24, 2.45) is 5.73 Å². The third kappa shape index (κ3) is 7.44. The largest absolute Gasteiger partial charge is 0.327 e. The molecule has 0 aromatic carbocycles. The summed E-state index contributed by atoms with van der Waals surface area (Å²) in [6, 6.07) is 0. The molecule has 0 aromatic rings. The monoisotopic (exact) mass is 139 g/mol. The molecule has 0 saturated heterocycles. The van der Waals surface area contributed by atoms with Crippen molar-refractivity contribution >= 4 is 0 Å². The van der Waals surface area contributed by atoms with E-state index in [1.807, 2.05) is 6.08 Å². The van der Waals surface area contributed by atoms with Gasteiger partial charge in [0.15, 0.2) is 0 Å². The number of unbranched alkanes of at least 4 members (excludes halogenated alkanes) is 1. The highest BCUT2D eigenvalue weighted by Gasteiger charge is 1.74. The molecule has 0 rings (SSSR count). The summed E-state index contributed by atoms with van der Waals surface area (Å²) in [7, 11) is 0. The number of allylic oxidation sites excluding steroid dienone is 3. The minimum absolute atomic E-state index is 0.664. The Hall–Kier alpha value is -0.560. The van der Waals surface area contributed by atoms with Gasteiger partial charge >= 0.3 is 0 Å². The molecule has 0 aliphatic heterocycles. The van der Waals surface area contributed by atoms with Crippen LogP contribution in [0.5, 0.6) is 0 Å². The Kier molecular flexibility index (Phi) is 7.97.